The van der Waals surface area contributed by atoms with E-state index in [0.717, 1.165) is 10.5 Å². The molecule has 0 spiro atoms. The second kappa shape index (κ2) is 4.95. The van der Waals surface area contributed by atoms with Crippen LogP contribution in [0.5, 0.6) is 0 Å². The third-order valence-corrected chi connectivity index (χ3v) is 4.15. The van der Waals surface area contributed by atoms with Crippen LogP contribution in [0.25, 0.3) is 0 Å². The summed E-state index contributed by atoms with van der Waals surface area (Å²) in [6.07, 6.45) is 0. The van der Waals surface area contributed by atoms with Crippen LogP contribution in [-0.2, 0) is 4.43 Å². The van der Waals surface area contributed by atoms with E-state index < -0.39 is 0 Å². The van der Waals surface area contributed by atoms with E-state index in [-0.39, 0.29) is 5.60 Å². The zero-order valence-electron chi connectivity index (χ0n) is 10.4. The summed E-state index contributed by atoms with van der Waals surface area (Å²) in [6, 6.07) is 10.7. The van der Waals surface area contributed by atoms with Gasteiger partial charge in [-0.05, 0) is 25.3 Å². The lowest BCUT2D eigenvalue weighted by molar-refractivity contribution is 0.0696. The van der Waals surface area contributed by atoms with Gasteiger partial charge in [0.25, 0.3) is 0 Å². The molecule has 1 aromatic carbocycles. The first kappa shape index (κ1) is 12.5. The van der Waals surface area contributed by atoms with E-state index in [1.165, 1.54) is 5.56 Å². The van der Waals surface area contributed by atoms with Crippen molar-refractivity contribution in [2.75, 3.05) is 0 Å². The molecule has 1 rings (SSSR count). The second-order valence-electron chi connectivity index (χ2n) is 4.94. The van der Waals surface area contributed by atoms with Gasteiger partial charge in [-0.25, -0.2) is 0 Å². The highest BCUT2D eigenvalue weighted by Gasteiger charge is 2.32. The van der Waals surface area contributed by atoms with Gasteiger partial charge in [-0.1, -0.05) is 44.2 Å². The van der Waals surface area contributed by atoms with Crippen molar-refractivity contribution in [2.45, 2.75) is 39.2 Å². The van der Waals surface area contributed by atoms with Gasteiger partial charge in [-0.2, -0.15) is 0 Å². The maximum Gasteiger partial charge on any atom is 0.146 e. The molecule has 1 atom stereocenters. The second-order valence-corrected chi connectivity index (χ2v) is 5.35. The molecule has 0 fully saturated rings. The number of hydrogen-bond donors (Lipinski definition) is 0. The zero-order valence-corrected chi connectivity index (χ0v) is 12.4. The molecule has 0 aliphatic heterocycles. The molecule has 0 saturated carbocycles. The van der Waals surface area contributed by atoms with E-state index in [1.54, 1.807) is 0 Å². The Bertz CT molecular complexity index is 293. The Kier molecular flexibility index (Phi) is 4.11. The van der Waals surface area contributed by atoms with Gasteiger partial charge in [-0.3, -0.25) is 0 Å². The van der Waals surface area contributed by atoms with E-state index in [2.05, 4.69) is 58.0 Å². The lowest BCUT2D eigenvalue weighted by Gasteiger charge is -2.37. The van der Waals surface area contributed by atoms with Gasteiger partial charge in [0.15, 0.2) is 0 Å². The quantitative estimate of drug-likeness (QED) is 0.711. The lowest BCUT2D eigenvalue weighted by Crippen LogP contribution is -2.35. The van der Waals surface area contributed by atoms with Crippen molar-refractivity contribution in [3.8, 4) is 0 Å². The van der Waals surface area contributed by atoms with E-state index in [4.69, 9.17) is 4.43 Å². The summed E-state index contributed by atoms with van der Waals surface area (Å²) in [7, 11) is 0.792. The lowest BCUT2D eigenvalue weighted by atomic mass is 9.77. The van der Waals surface area contributed by atoms with Crippen molar-refractivity contribution in [1.29, 1.82) is 0 Å². The van der Waals surface area contributed by atoms with Gasteiger partial charge in [0.2, 0.25) is 0 Å². The molecule has 0 N–H and O–H groups in total. The Labute approximate surface area is 96.4 Å². The number of benzene rings is 1. The molecular weight excluding hydrogens is 200 g/mol. The fraction of sp³-hybridized carbons (Fsp3) is 0.538. The molecule has 84 valence electrons. The molecule has 0 bridgehead atoms. The van der Waals surface area contributed by atoms with E-state index in [9.17, 15) is 0 Å². The predicted octanol–water partition coefficient (Wildman–Crippen LogP) is 2.50. The molecule has 0 aliphatic carbocycles. The van der Waals surface area contributed by atoms with Crippen LogP contribution in [0.2, 0.25) is 0 Å². The van der Waals surface area contributed by atoms with Crippen LogP contribution < -0.4 is 0 Å². The molecule has 1 unspecified atom stereocenters. The molecule has 1 nitrogen and oxygen atoms in total. The summed E-state index contributed by atoms with van der Waals surface area (Å²) in [5, 5.41) is 0. The minimum Gasteiger partial charge on any atom is -0.422 e. The molecule has 0 radical (unpaired) electrons. The fourth-order valence-corrected chi connectivity index (χ4v) is 2.63. The van der Waals surface area contributed by atoms with E-state index in [1.807, 2.05) is 0 Å². The third-order valence-electron chi connectivity index (χ3n) is 3.10. The molecule has 0 amide bonds. The first-order valence-electron chi connectivity index (χ1n) is 5.59. The highest BCUT2D eigenvalue weighted by Crippen LogP contribution is 2.36. The van der Waals surface area contributed by atoms with Gasteiger partial charge in [0.05, 0.1) is 5.60 Å². The molecule has 0 aliphatic rings. The fourth-order valence-electron chi connectivity index (χ4n) is 2.38. The monoisotopic (exact) mass is 222 g/mol. The van der Waals surface area contributed by atoms with Crippen molar-refractivity contribution in [2.24, 2.45) is 5.92 Å². The highest BCUT2D eigenvalue weighted by molar-refractivity contribution is 5.98. The summed E-state index contributed by atoms with van der Waals surface area (Å²) < 4.78 is 5.75. The Balaban J connectivity index is 3.04. The zero-order chi connectivity index (χ0) is 11.5. The van der Waals surface area contributed by atoms with Crippen LogP contribution in [0.4, 0.5) is 0 Å². The van der Waals surface area contributed by atoms with E-state index >= 15 is 0 Å². The van der Waals surface area contributed by atoms with Crippen molar-refractivity contribution in [3.63, 3.8) is 0 Å². The maximum absolute atomic E-state index is 5.75. The Hall–Kier alpha value is -0.603. The summed E-state index contributed by atoms with van der Waals surface area (Å²) >= 11 is 0. The van der Waals surface area contributed by atoms with Crippen LogP contribution in [0.3, 0.4) is 0 Å². The normalized spacial score (nSPS) is 14.5. The summed E-state index contributed by atoms with van der Waals surface area (Å²) in [6.45, 7) is 8.91. The van der Waals surface area contributed by atoms with Crippen molar-refractivity contribution in [1.82, 2.24) is 0 Å². The smallest absolute Gasteiger partial charge is 0.146 e. The van der Waals surface area contributed by atoms with Gasteiger partial charge in [0.1, 0.15) is 10.5 Å². The molecular formula is C13H22OSi. The Morgan fingerprint density at radius 2 is 1.67 bits per heavy atom. The van der Waals surface area contributed by atoms with Crippen molar-refractivity contribution in [3.05, 3.63) is 35.9 Å². The predicted molar refractivity (Wildman–Crippen MR) is 69.1 cm³/mol. The van der Waals surface area contributed by atoms with Gasteiger partial charge >= 0.3 is 0 Å². The first-order valence-corrected chi connectivity index (χ1v) is 6.40. The van der Waals surface area contributed by atoms with Crippen LogP contribution in [-0.4, -0.2) is 16.1 Å². The molecule has 1 aromatic rings. The standard InChI is InChI=1S/C13H22OSi/c1-10(2)12(13(3,4)14-15)11-8-6-5-7-9-11/h5-10,12H,1-4,15H3. The Morgan fingerprint density at radius 3 is 2.07 bits per heavy atom. The molecule has 0 aromatic heterocycles. The Morgan fingerprint density at radius 1 is 1.13 bits per heavy atom. The maximum atomic E-state index is 5.75. The summed E-state index contributed by atoms with van der Waals surface area (Å²) in [4.78, 5) is 0. The average molecular weight is 222 g/mol. The number of rotatable bonds is 4. The first-order chi connectivity index (χ1) is 6.99. The largest absolute Gasteiger partial charge is 0.422 e. The minimum atomic E-state index is -0.0538. The summed E-state index contributed by atoms with van der Waals surface area (Å²) in [5.41, 5.74) is 1.33. The van der Waals surface area contributed by atoms with Gasteiger partial charge in [0, 0.05) is 5.92 Å². The van der Waals surface area contributed by atoms with Gasteiger partial charge in [-0.15, -0.1) is 0 Å². The van der Waals surface area contributed by atoms with Gasteiger partial charge < -0.3 is 4.43 Å². The topological polar surface area (TPSA) is 9.23 Å². The van der Waals surface area contributed by atoms with Crippen molar-refractivity contribution >= 4 is 10.5 Å². The number of hydrogen-bond acceptors (Lipinski definition) is 1. The highest BCUT2D eigenvalue weighted by atomic mass is 28.2. The molecule has 2 heteroatoms. The van der Waals surface area contributed by atoms with Crippen molar-refractivity contribution < 1.29 is 4.43 Å². The third kappa shape index (κ3) is 2.92. The molecule has 15 heavy (non-hydrogen) atoms. The average Bonchev–Trinajstić information content (AvgIpc) is 2.18. The minimum absolute atomic E-state index is 0.0538. The molecule has 0 heterocycles. The van der Waals surface area contributed by atoms with Crippen LogP contribution in [0.15, 0.2) is 30.3 Å². The van der Waals surface area contributed by atoms with Crippen LogP contribution in [0.1, 0.15) is 39.2 Å². The molecule has 0 saturated heterocycles. The van der Waals surface area contributed by atoms with Crippen LogP contribution in [0, 0.1) is 5.92 Å². The SMILES string of the molecule is CC(C)C(c1ccccc1)C(C)(C)O[SiH3]. The van der Waals surface area contributed by atoms with E-state index in [0.29, 0.717) is 11.8 Å². The summed E-state index contributed by atoms with van der Waals surface area (Å²) in [5.74, 6) is 1.06. The van der Waals surface area contributed by atoms with Crippen LogP contribution >= 0.6 is 0 Å².